The van der Waals surface area contributed by atoms with Crippen molar-refractivity contribution in [2.24, 2.45) is 11.7 Å². The van der Waals surface area contributed by atoms with Crippen LogP contribution in [0.4, 0.5) is 0 Å². The third-order valence-corrected chi connectivity index (χ3v) is 3.17. The van der Waals surface area contributed by atoms with Crippen LogP contribution >= 0.6 is 11.6 Å². The molecule has 1 fully saturated rings. The molecule has 2 atom stereocenters. The maximum atomic E-state index is 5.97. The zero-order valence-corrected chi connectivity index (χ0v) is 9.28. The maximum absolute atomic E-state index is 5.97. The van der Waals surface area contributed by atoms with Gasteiger partial charge in [-0.2, -0.15) is 0 Å². The van der Waals surface area contributed by atoms with E-state index in [-0.39, 0.29) is 6.10 Å². The number of pyridine rings is 1. The molecule has 1 aromatic rings. The Bertz CT molecular complexity index is 332. The molecule has 82 valence electrons. The van der Waals surface area contributed by atoms with Gasteiger partial charge in [0.1, 0.15) is 11.1 Å². The van der Waals surface area contributed by atoms with Gasteiger partial charge in [0.05, 0.1) is 0 Å². The molecular formula is C11H15ClN2O. The molecule has 1 aliphatic carbocycles. The van der Waals surface area contributed by atoms with Gasteiger partial charge in [0.15, 0.2) is 0 Å². The third kappa shape index (κ3) is 2.41. The van der Waals surface area contributed by atoms with E-state index in [0.717, 1.165) is 12.8 Å². The van der Waals surface area contributed by atoms with Crippen LogP contribution in [0.1, 0.15) is 19.3 Å². The predicted octanol–water partition coefficient (Wildman–Crippen LogP) is 2.24. The van der Waals surface area contributed by atoms with Crippen LogP contribution in [0.2, 0.25) is 5.02 Å². The molecule has 4 heteroatoms. The molecule has 15 heavy (non-hydrogen) atoms. The number of nitrogens with zero attached hydrogens (tertiary/aromatic N) is 1. The highest BCUT2D eigenvalue weighted by molar-refractivity contribution is 6.31. The summed E-state index contributed by atoms with van der Waals surface area (Å²) in [4.78, 5) is 4.12. The maximum Gasteiger partial charge on any atom is 0.232 e. The van der Waals surface area contributed by atoms with Crippen LogP contribution in [0.3, 0.4) is 0 Å². The highest BCUT2D eigenvalue weighted by Gasteiger charge is 2.28. The van der Waals surface area contributed by atoms with Gasteiger partial charge in [0.2, 0.25) is 5.88 Å². The van der Waals surface area contributed by atoms with Crippen LogP contribution in [0, 0.1) is 5.92 Å². The second-order valence-electron chi connectivity index (χ2n) is 3.87. The molecule has 0 amide bonds. The Hall–Kier alpha value is -0.800. The first kappa shape index (κ1) is 10.7. The molecule has 1 saturated carbocycles. The van der Waals surface area contributed by atoms with Crippen molar-refractivity contribution in [3.8, 4) is 5.88 Å². The van der Waals surface area contributed by atoms with E-state index >= 15 is 0 Å². The van der Waals surface area contributed by atoms with E-state index in [1.807, 2.05) is 0 Å². The molecule has 0 aromatic carbocycles. The Kier molecular flexibility index (Phi) is 3.44. The first-order chi connectivity index (χ1) is 7.31. The molecule has 0 radical (unpaired) electrons. The molecule has 1 aliphatic rings. The number of nitrogens with two attached hydrogens (primary N) is 1. The summed E-state index contributed by atoms with van der Waals surface area (Å²) < 4.78 is 5.79. The summed E-state index contributed by atoms with van der Waals surface area (Å²) in [7, 11) is 0. The molecule has 2 rings (SSSR count). The number of ether oxygens (including phenoxy) is 1. The fourth-order valence-corrected chi connectivity index (χ4v) is 2.19. The lowest BCUT2D eigenvalue weighted by Gasteiger charge is -2.19. The Balaban J connectivity index is 2.05. The van der Waals surface area contributed by atoms with Crippen LogP contribution in [0.15, 0.2) is 18.3 Å². The van der Waals surface area contributed by atoms with Gasteiger partial charge in [0, 0.05) is 12.1 Å². The minimum absolute atomic E-state index is 0.183. The van der Waals surface area contributed by atoms with Crippen molar-refractivity contribution in [3.63, 3.8) is 0 Å². The van der Waals surface area contributed by atoms with Crippen molar-refractivity contribution in [2.45, 2.75) is 25.4 Å². The second kappa shape index (κ2) is 4.81. The minimum Gasteiger partial charge on any atom is -0.473 e. The van der Waals surface area contributed by atoms with Crippen molar-refractivity contribution < 1.29 is 4.74 Å². The largest absolute Gasteiger partial charge is 0.473 e. The smallest absolute Gasteiger partial charge is 0.232 e. The van der Waals surface area contributed by atoms with E-state index in [1.165, 1.54) is 6.42 Å². The Morgan fingerprint density at radius 1 is 1.53 bits per heavy atom. The summed E-state index contributed by atoms with van der Waals surface area (Å²) in [6.45, 7) is 0.676. The predicted molar refractivity (Wildman–Crippen MR) is 60.1 cm³/mol. The molecule has 0 saturated heterocycles. The monoisotopic (exact) mass is 226 g/mol. The fourth-order valence-electron chi connectivity index (χ4n) is 2.03. The normalized spacial score (nSPS) is 25.5. The molecule has 3 nitrogen and oxygen atoms in total. The van der Waals surface area contributed by atoms with Gasteiger partial charge in [-0.25, -0.2) is 4.98 Å². The molecule has 0 aliphatic heterocycles. The van der Waals surface area contributed by atoms with Gasteiger partial charge in [-0.3, -0.25) is 0 Å². The van der Waals surface area contributed by atoms with Gasteiger partial charge < -0.3 is 10.5 Å². The summed E-state index contributed by atoms with van der Waals surface area (Å²) in [5.41, 5.74) is 5.68. The Labute approximate surface area is 94.6 Å². The average molecular weight is 227 g/mol. The molecule has 0 spiro atoms. The van der Waals surface area contributed by atoms with Gasteiger partial charge in [-0.15, -0.1) is 0 Å². The van der Waals surface area contributed by atoms with E-state index in [4.69, 9.17) is 22.1 Å². The van der Waals surface area contributed by atoms with Gasteiger partial charge in [-0.1, -0.05) is 11.6 Å². The molecule has 1 aromatic heterocycles. The molecule has 2 unspecified atom stereocenters. The lowest BCUT2D eigenvalue weighted by Crippen LogP contribution is -2.28. The number of rotatable bonds is 3. The first-order valence-electron chi connectivity index (χ1n) is 5.28. The van der Waals surface area contributed by atoms with Crippen molar-refractivity contribution >= 4 is 11.6 Å². The summed E-state index contributed by atoms with van der Waals surface area (Å²) >= 11 is 5.97. The lowest BCUT2D eigenvalue weighted by atomic mass is 10.1. The molecule has 2 N–H and O–H groups in total. The van der Waals surface area contributed by atoms with E-state index in [2.05, 4.69) is 4.98 Å². The number of hydrogen-bond donors (Lipinski definition) is 1. The lowest BCUT2D eigenvalue weighted by molar-refractivity contribution is 0.155. The van der Waals surface area contributed by atoms with Crippen molar-refractivity contribution in [3.05, 3.63) is 23.4 Å². The Morgan fingerprint density at radius 2 is 2.40 bits per heavy atom. The van der Waals surface area contributed by atoms with E-state index in [1.54, 1.807) is 18.3 Å². The van der Waals surface area contributed by atoms with Crippen molar-refractivity contribution in [1.29, 1.82) is 0 Å². The zero-order valence-electron chi connectivity index (χ0n) is 8.53. The van der Waals surface area contributed by atoms with Crippen LogP contribution in [-0.2, 0) is 0 Å². The van der Waals surface area contributed by atoms with Crippen LogP contribution < -0.4 is 10.5 Å². The summed E-state index contributed by atoms with van der Waals surface area (Å²) in [5, 5.41) is 0.570. The molecule has 0 bridgehead atoms. The van der Waals surface area contributed by atoms with Crippen LogP contribution in [-0.4, -0.2) is 17.6 Å². The SMILES string of the molecule is NCC1CCCC1Oc1ncccc1Cl. The number of aromatic nitrogens is 1. The molecular weight excluding hydrogens is 212 g/mol. The fraction of sp³-hybridized carbons (Fsp3) is 0.545. The standard InChI is InChI=1S/C11H15ClN2O/c12-9-4-2-6-14-11(9)15-10-5-1-3-8(10)7-13/h2,4,6,8,10H,1,3,5,7,13H2. The third-order valence-electron chi connectivity index (χ3n) is 2.88. The summed E-state index contributed by atoms with van der Waals surface area (Å²) in [5.74, 6) is 0.979. The van der Waals surface area contributed by atoms with Crippen molar-refractivity contribution in [1.82, 2.24) is 4.98 Å². The quantitative estimate of drug-likeness (QED) is 0.860. The van der Waals surface area contributed by atoms with E-state index in [0.29, 0.717) is 23.4 Å². The minimum atomic E-state index is 0.183. The summed E-state index contributed by atoms with van der Waals surface area (Å²) in [6, 6.07) is 3.58. The highest BCUT2D eigenvalue weighted by atomic mass is 35.5. The van der Waals surface area contributed by atoms with Crippen LogP contribution in [0.5, 0.6) is 5.88 Å². The van der Waals surface area contributed by atoms with Gasteiger partial charge in [0.25, 0.3) is 0 Å². The van der Waals surface area contributed by atoms with E-state index in [9.17, 15) is 0 Å². The summed E-state index contributed by atoms with van der Waals surface area (Å²) in [6.07, 6.45) is 5.24. The van der Waals surface area contributed by atoms with Crippen molar-refractivity contribution in [2.75, 3.05) is 6.54 Å². The Morgan fingerprint density at radius 3 is 3.13 bits per heavy atom. The second-order valence-corrected chi connectivity index (χ2v) is 4.28. The van der Waals surface area contributed by atoms with Gasteiger partial charge in [-0.05, 0) is 37.9 Å². The first-order valence-corrected chi connectivity index (χ1v) is 5.66. The topological polar surface area (TPSA) is 48.1 Å². The van der Waals surface area contributed by atoms with E-state index < -0.39 is 0 Å². The molecule has 1 heterocycles. The number of halogens is 1. The zero-order chi connectivity index (χ0) is 10.7. The number of hydrogen-bond acceptors (Lipinski definition) is 3. The van der Waals surface area contributed by atoms with Crippen LogP contribution in [0.25, 0.3) is 0 Å². The average Bonchev–Trinajstić information content (AvgIpc) is 2.69. The van der Waals surface area contributed by atoms with Gasteiger partial charge >= 0.3 is 0 Å². The highest BCUT2D eigenvalue weighted by Crippen LogP contribution is 2.30.